The van der Waals surface area contributed by atoms with Gasteiger partial charge in [0.25, 0.3) is 0 Å². The number of nitrogens with one attached hydrogen (secondary N) is 2. The van der Waals surface area contributed by atoms with Gasteiger partial charge in [0.15, 0.2) is 0 Å². The van der Waals surface area contributed by atoms with Crippen molar-refractivity contribution >= 4 is 18.0 Å². The van der Waals surface area contributed by atoms with Crippen molar-refractivity contribution in [3.8, 4) is 11.1 Å². The minimum Gasteiger partial charge on any atom is -0.481 e. The van der Waals surface area contributed by atoms with Crippen LogP contribution in [0.2, 0.25) is 0 Å². The average Bonchev–Trinajstić information content (AvgIpc) is 3.19. The predicted octanol–water partition coefficient (Wildman–Crippen LogP) is 4.95. The molecule has 0 spiro atoms. The van der Waals surface area contributed by atoms with Crippen molar-refractivity contribution in [1.29, 1.82) is 0 Å². The molecule has 1 unspecified atom stereocenters. The largest absolute Gasteiger partial charge is 0.481 e. The quantitative estimate of drug-likeness (QED) is 0.373. The maximum atomic E-state index is 12.4. The first-order valence-corrected chi connectivity index (χ1v) is 12.4. The van der Waals surface area contributed by atoms with Gasteiger partial charge in [-0.15, -0.1) is 0 Å². The van der Waals surface area contributed by atoms with Crippen molar-refractivity contribution in [2.45, 2.75) is 52.4 Å². The molecule has 2 aromatic carbocycles. The fraction of sp³-hybridized carbons (Fsp3) is 0.464. The lowest BCUT2D eigenvalue weighted by Crippen LogP contribution is -2.43. The Labute approximate surface area is 207 Å². The van der Waals surface area contributed by atoms with Crippen molar-refractivity contribution in [2.24, 2.45) is 11.3 Å². The molecule has 0 fully saturated rings. The summed E-state index contributed by atoms with van der Waals surface area (Å²) in [6.07, 6.45) is 1.63. The molecule has 2 amide bonds. The van der Waals surface area contributed by atoms with Crippen LogP contribution < -0.4 is 10.6 Å². The normalized spacial score (nSPS) is 13.5. The molecule has 0 aromatic heterocycles. The molecule has 0 radical (unpaired) electrons. The average molecular weight is 481 g/mol. The Kier molecular flexibility index (Phi) is 8.90. The zero-order valence-electron chi connectivity index (χ0n) is 20.8. The number of carbonyl (C=O) groups is 3. The van der Waals surface area contributed by atoms with E-state index >= 15 is 0 Å². The number of benzene rings is 2. The number of alkyl carbamates (subject to hydrolysis) is 1. The predicted molar refractivity (Wildman–Crippen MR) is 135 cm³/mol. The topological polar surface area (TPSA) is 105 Å². The zero-order valence-corrected chi connectivity index (χ0v) is 20.8. The van der Waals surface area contributed by atoms with Crippen molar-refractivity contribution in [3.63, 3.8) is 0 Å². The van der Waals surface area contributed by atoms with Gasteiger partial charge in [0.05, 0.1) is 5.41 Å². The number of carboxylic acid groups (broad SMARTS) is 1. The summed E-state index contributed by atoms with van der Waals surface area (Å²) in [6, 6.07) is 16.4. The van der Waals surface area contributed by atoms with Gasteiger partial charge in [-0.25, -0.2) is 4.79 Å². The lowest BCUT2D eigenvalue weighted by atomic mass is 9.82. The highest BCUT2D eigenvalue weighted by Crippen LogP contribution is 2.44. The minimum absolute atomic E-state index is 0.0148. The molecular formula is C28H36N2O5. The first kappa shape index (κ1) is 26.3. The van der Waals surface area contributed by atoms with Gasteiger partial charge in [-0.05, 0) is 47.9 Å². The summed E-state index contributed by atoms with van der Waals surface area (Å²) < 4.78 is 5.53. The van der Waals surface area contributed by atoms with Crippen LogP contribution in [0.4, 0.5) is 4.79 Å². The molecule has 3 rings (SSSR count). The van der Waals surface area contributed by atoms with E-state index in [-0.39, 0.29) is 30.9 Å². The molecule has 35 heavy (non-hydrogen) atoms. The van der Waals surface area contributed by atoms with Gasteiger partial charge in [0, 0.05) is 24.9 Å². The molecule has 1 aliphatic carbocycles. The number of carbonyl (C=O) groups excluding carboxylic acids is 2. The van der Waals surface area contributed by atoms with Crippen molar-refractivity contribution in [1.82, 2.24) is 10.6 Å². The number of fused-ring (bicyclic) bond motifs is 3. The maximum absolute atomic E-state index is 12.4. The van der Waals surface area contributed by atoms with Crippen LogP contribution in [0.15, 0.2) is 48.5 Å². The molecule has 1 aliphatic rings. The Morgan fingerprint density at radius 1 is 0.971 bits per heavy atom. The summed E-state index contributed by atoms with van der Waals surface area (Å²) in [5, 5.41) is 15.1. The van der Waals surface area contributed by atoms with Crippen molar-refractivity contribution in [2.75, 3.05) is 19.7 Å². The van der Waals surface area contributed by atoms with Crippen LogP contribution in [-0.4, -0.2) is 42.8 Å². The van der Waals surface area contributed by atoms with Gasteiger partial charge in [0.2, 0.25) is 5.91 Å². The molecular weight excluding hydrogens is 444 g/mol. The Morgan fingerprint density at radius 3 is 2.09 bits per heavy atom. The lowest BCUT2D eigenvalue weighted by molar-refractivity contribution is -0.149. The molecule has 0 saturated carbocycles. The van der Waals surface area contributed by atoms with E-state index in [1.54, 1.807) is 0 Å². The molecule has 0 heterocycles. The number of hydrogen-bond donors (Lipinski definition) is 3. The molecule has 188 valence electrons. The highest BCUT2D eigenvalue weighted by atomic mass is 16.5. The van der Waals surface area contributed by atoms with E-state index < -0.39 is 17.5 Å². The van der Waals surface area contributed by atoms with E-state index in [0.717, 1.165) is 0 Å². The number of carboxylic acids is 1. The van der Waals surface area contributed by atoms with Crippen molar-refractivity contribution < 1.29 is 24.2 Å². The Balaban J connectivity index is 1.40. The standard InChI is InChI=1S/C28H36N2O5/c1-4-28(5-2,26(32)33)18-30-25(31)19(3)11-10-16-29-27(34)35-17-24-22-14-8-6-12-20(22)21-13-7-9-15-23(21)24/h6-9,12-15,19,24H,4-5,10-11,16-18H2,1-3H3,(H,29,34)(H,30,31)(H,32,33). The summed E-state index contributed by atoms with van der Waals surface area (Å²) in [4.78, 5) is 36.3. The third-order valence-corrected chi connectivity index (χ3v) is 7.28. The molecule has 0 aliphatic heterocycles. The summed E-state index contributed by atoms with van der Waals surface area (Å²) in [5.74, 6) is -1.32. The fourth-order valence-electron chi connectivity index (χ4n) is 4.69. The second-order valence-electron chi connectivity index (χ2n) is 9.31. The third-order valence-electron chi connectivity index (χ3n) is 7.28. The third kappa shape index (κ3) is 6.02. The van der Waals surface area contributed by atoms with Crippen LogP contribution in [0, 0.1) is 11.3 Å². The molecule has 7 heteroatoms. The minimum atomic E-state index is -0.930. The monoisotopic (exact) mass is 480 g/mol. The van der Waals surface area contributed by atoms with E-state index in [9.17, 15) is 19.5 Å². The molecule has 7 nitrogen and oxygen atoms in total. The summed E-state index contributed by atoms with van der Waals surface area (Å²) in [7, 11) is 0. The van der Waals surface area contributed by atoms with E-state index in [1.807, 2.05) is 45.0 Å². The number of ether oxygens (including phenoxy) is 1. The number of rotatable bonds is 12. The summed E-state index contributed by atoms with van der Waals surface area (Å²) in [6.45, 7) is 6.24. The van der Waals surface area contributed by atoms with Crippen LogP contribution in [-0.2, 0) is 14.3 Å². The fourth-order valence-corrected chi connectivity index (χ4v) is 4.69. The molecule has 0 bridgehead atoms. The summed E-state index contributed by atoms with van der Waals surface area (Å²) >= 11 is 0. The lowest BCUT2D eigenvalue weighted by Gasteiger charge is -2.27. The van der Waals surface area contributed by atoms with Gasteiger partial charge < -0.3 is 20.5 Å². The Morgan fingerprint density at radius 2 is 1.54 bits per heavy atom. The van der Waals surface area contributed by atoms with Crippen molar-refractivity contribution in [3.05, 3.63) is 59.7 Å². The Hall–Kier alpha value is -3.35. The van der Waals surface area contributed by atoms with Gasteiger partial charge in [-0.2, -0.15) is 0 Å². The number of amides is 2. The Bertz CT molecular complexity index is 1000. The summed E-state index contributed by atoms with van der Waals surface area (Å²) in [5.41, 5.74) is 3.77. The molecule has 0 saturated heterocycles. The SMILES string of the molecule is CCC(CC)(CNC(=O)C(C)CCCNC(=O)OCC1c2ccccc2-c2ccccc21)C(=O)O. The van der Waals surface area contributed by atoms with Crippen LogP contribution in [0.5, 0.6) is 0 Å². The zero-order chi connectivity index (χ0) is 25.4. The van der Waals surface area contributed by atoms with Crippen LogP contribution in [0.1, 0.15) is 63.5 Å². The van der Waals surface area contributed by atoms with Gasteiger partial charge >= 0.3 is 12.1 Å². The van der Waals surface area contributed by atoms with E-state index in [0.29, 0.717) is 32.2 Å². The molecule has 1 atom stereocenters. The van der Waals surface area contributed by atoms with Gasteiger partial charge in [0.1, 0.15) is 6.61 Å². The second-order valence-corrected chi connectivity index (χ2v) is 9.31. The maximum Gasteiger partial charge on any atom is 0.407 e. The number of hydrogen-bond acceptors (Lipinski definition) is 4. The van der Waals surface area contributed by atoms with Gasteiger partial charge in [-0.3, -0.25) is 9.59 Å². The number of aliphatic carboxylic acids is 1. The van der Waals surface area contributed by atoms with E-state index in [4.69, 9.17) is 4.74 Å². The molecule has 2 aromatic rings. The van der Waals surface area contributed by atoms with E-state index in [1.165, 1.54) is 22.3 Å². The van der Waals surface area contributed by atoms with Crippen LogP contribution in [0.25, 0.3) is 11.1 Å². The molecule has 3 N–H and O–H groups in total. The second kappa shape index (κ2) is 11.9. The van der Waals surface area contributed by atoms with Gasteiger partial charge in [-0.1, -0.05) is 69.3 Å². The van der Waals surface area contributed by atoms with Crippen LogP contribution >= 0.6 is 0 Å². The smallest absolute Gasteiger partial charge is 0.407 e. The van der Waals surface area contributed by atoms with Crippen LogP contribution in [0.3, 0.4) is 0 Å². The highest BCUT2D eigenvalue weighted by Gasteiger charge is 2.35. The van der Waals surface area contributed by atoms with E-state index in [2.05, 4.69) is 34.9 Å². The first-order valence-electron chi connectivity index (χ1n) is 12.4. The highest BCUT2D eigenvalue weighted by molar-refractivity contribution is 5.81. The first-order chi connectivity index (χ1) is 16.8.